The van der Waals surface area contributed by atoms with Crippen molar-refractivity contribution >= 4 is 11.8 Å². The lowest BCUT2D eigenvalue weighted by molar-refractivity contribution is 0.375. The van der Waals surface area contributed by atoms with Crippen LogP contribution in [0.25, 0.3) is 0 Å². The van der Waals surface area contributed by atoms with Crippen molar-refractivity contribution < 1.29 is 4.52 Å². The van der Waals surface area contributed by atoms with Crippen LogP contribution in [0.3, 0.4) is 0 Å². The topological polar surface area (TPSA) is 63.8 Å². The highest BCUT2D eigenvalue weighted by Gasteiger charge is 2.09. The van der Waals surface area contributed by atoms with E-state index in [-0.39, 0.29) is 0 Å². The minimum Gasteiger partial charge on any atom is -0.339 e. The van der Waals surface area contributed by atoms with E-state index in [1.54, 1.807) is 0 Å². The number of pyridine rings is 1. The minimum absolute atomic E-state index is 0.360. The molecule has 0 aliphatic carbocycles. The third kappa shape index (κ3) is 4.94. The molecule has 0 fully saturated rings. The molecule has 0 saturated heterocycles. The number of hydrogen-bond donors (Lipinski definition) is 1. The van der Waals surface area contributed by atoms with Crippen LogP contribution in [0.15, 0.2) is 28.9 Å². The maximum absolute atomic E-state index is 5.24. The second kappa shape index (κ2) is 8.01. The molecule has 1 N–H and O–H groups in total. The summed E-state index contributed by atoms with van der Waals surface area (Å²) in [6.07, 6.45) is 3.42. The monoisotopic (exact) mass is 292 g/mol. The average Bonchev–Trinajstić information content (AvgIpc) is 2.92. The van der Waals surface area contributed by atoms with Crippen molar-refractivity contribution in [2.24, 2.45) is 0 Å². The number of hydrogen-bond acceptors (Lipinski definition) is 6. The van der Waals surface area contributed by atoms with Gasteiger partial charge in [-0.15, -0.1) is 0 Å². The average molecular weight is 292 g/mol. The second-order valence-electron chi connectivity index (χ2n) is 4.62. The third-order valence-corrected chi connectivity index (χ3v) is 3.92. The van der Waals surface area contributed by atoms with Gasteiger partial charge in [0.15, 0.2) is 5.82 Å². The van der Waals surface area contributed by atoms with Crippen molar-refractivity contribution in [2.45, 2.75) is 31.6 Å². The zero-order chi connectivity index (χ0) is 14.2. The van der Waals surface area contributed by atoms with E-state index in [9.17, 15) is 0 Å². The highest BCUT2D eigenvalue weighted by molar-refractivity contribution is 7.98. The van der Waals surface area contributed by atoms with E-state index in [1.807, 2.05) is 43.2 Å². The van der Waals surface area contributed by atoms with Gasteiger partial charge in [-0.1, -0.05) is 11.2 Å². The largest absolute Gasteiger partial charge is 0.339 e. The van der Waals surface area contributed by atoms with Crippen molar-refractivity contribution in [3.8, 4) is 0 Å². The highest BCUT2D eigenvalue weighted by atomic mass is 32.2. The highest BCUT2D eigenvalue weighted by Crippen LogP contribution is 2.11. The van der Waals surface area contributed by atoms with Gasteiger partial charge in [0, 0.05) is 36.6 Å². The van der Waals surface area contributed by atoms with Gasteiger partial charge in [-0.3, -0.25) is 4.98 Å². The van der Waals surface area contributed by atoms with E-state index in [2.05, 4.69) is 27.4 Å². The number of likely N-dealkylation sites (N-methyl/N-ethyl adjacent to an activating group) is 1. The fourth-order valence-electron chi connectivity index (χ4n) is 1.67. The van der Waals surface area contributed by atoms with Crippen LogP contribution in [0, 0.1) is 0 Å². The quantitative estimate of drug-likeness (QED) is 0.752. The molecule has 0 spiro atoms. The lowest BCUT2D eigenvalue weighted by Gasteiger charge is -2.04. The molecule has 2 aromatic rings. The Hall–Kier alpha value is -1.40. The summed E-state index contributed by atoms with van der Waals surface area (Å²) in [6, 6.07) is 6.34. The van der Waals surface area contributed by atoms with E-state index in [4.69, 9.17) is 4.52 Å². The number of nitrogens with one attached hydrogen (secondary N) is 1. The summed E-state index contributed by atoms with van der Waals surface area (Å²) in [6.45, 7) is 2.10. The normalized spacial score (nSPS) is 12.5. The van der Waals surface area contributed by atoms with Crippen LogP contribution in [-0.4, -0.2) is 34.0 Å². The molecule has 0 aliphatic rings. The molecule has 0 bridgehead atoms. The van der Waals surface area contributed by atoms with Crippen molar-refractivity contribution in [1.82, 2.24) is 20.4 Å². The summed E-state index contributed by atoms with van der Waals surface area (Å²) in [5.41, 5.74) is 1.10. The van der Waals surface area contributed by atoms with E-state index < -0.39 is 0 Å². The van der Waals surface area contributed by atoms with Crippen LogP contribution >= 0.6 is 11.8 Å². The van der Waals surface area contributed by atoms with Gasteiger partial charge in [0.1, 0.15) is 0 Å². The predicted octanol–water partition coefficient (Wildman–Crippen LogP) is 2.09. The van der Waals surface area contributed by atoms with Gasteiger partial charge in [-0.05, 0) is 26.1 Å². The molecular formula is C14H20N4OS. The van der Waals surface area contributed by atoms with Crippen LogP contribution in [0.4, 0.5) is 0 Å². The van der Waals surface area contributed by atoms with Crippen LogP contribution in [0.5, 0.6) is 0 Å². The summed E-state index contributed by atoms with van der Waals surface area (Å²) >= 11 is 1.83. The van der Waals surface area contributed by atoms with Gasteiger partial charge in [0.25, 0.3) is 0 Å². The molecule has 2 heterocycles. The minimum atomic E-state index is 0.360. The van der Waals surface area contributed by atoms with Crippen molar-refractivity contribution in [2.75, 3.05) is 12.8 Å². The molecule has 1 unspecified atom stereocenters. The van der Waals surface area contributed by atoms with Gasteiger partial charge < -0.3 is 9.84 Å². The van der Waals surface area contributed by atoms with E-state index in [1.165, 1.54) is 0 Å². The molecule has 108 valence electrons. The Morgan fingerprint density at radius 1 is 1.40 bits per heavy atom. The zero-order valence-electron chi connectivity index (χ0n) is 11.9. The molecule has 1 atom stereocenters. The Balaban J connectivity index is 1.69. The molecule has 0 saturated carbocycles. The van der Waals surface area contributed by atoms with E-state index in [0.717, 1.165) is 41.8 Å². The molecule has 0 amide bonds. The second-order valence-corrected chi connectivity index (χ2v) is 5.73. The first-order valence-corrected chi connectivity index (χ1v) is 7.89. The van der Waals surface area contributed by atoms with Gasteiger partial charge in [-0.25, -0.2) is 0 Å². The Morgan fingerprint density at radius 2 is 2.30 bits per heavy atom. The summed E-state index contributed by atoms with van der Waals surface area (Å²) in [7, 11) is 1.93. The standard InChI is InChI=1S/C14H20N4OS/c1-11(15-2)9-13-17-14(19-18-13)6-8-20-10-12-5-3-4-7-16-12/h3-5,7,11,15H,6,8-10H2,1-2H3. The summed E-state index contributed by atoms with van der Waals surface area (Å²) < 4.78 is 5.24. The van der Waals surface area contributed by atoms with E-state index >= 15 is 0 Å². The number of thioether (sulfide) groups is 1. The SMILES string of the molecule is CNC(C)Cc1noc(CCSCc2ccccn2)n1. The Morgan fingerprint density at radius 3 is 3.05 bits per heavy atom. The Labute approximate surface area is 123 Å². The van der Waals surface area contributed by atoms with Crippen molar-refractivity contribution in [3.05, 3.63) is 41.8 Å². The smallest absolute Gasteiger partial charge is 0.227 e. The first-order valence-electron chi connectivity index (χ1n) is 6.74. The van der Waals surface area contributed by atoms with Crippen LogP contribution in [0.1, 0.15) is 24.3 Å². The molecule has 6 heteroatoms. The maximum atomic E-state index is 5.24. The first kappa shape index (κ1) is 15.0. The summed E-state index contributed by atoms with van der Waals surface area (Å²) in [5, 5.41) is 7.15. The van der Waals surface area contributed by atoms with Crippen LogP contribution < -0.4 is 5.32 Å². The zero-order valence-corrected chi connectivity index (χ0v) is 12.7. The fraction of sp³-hybridized carbons (Fsp3) is 0.500. The molecule has 2 aromatic heterocycles. The lowest BCUT2D eigenvalue weighted by Crippen LogP contribution is -2.24. The van der Waals surface area contributed by atoms with Crippen molar-refractivity contribution in [1.29, 1.82) is 0 Å². The Bertz CT molecular complexity index is 503. The van der Waals surface area contributed by atoms with Crippen molar-refractivity contribution in [3.63, 3.8) is 0 Å². The fourth-order valence-corrected chi connectivity index (χ4v) is 2.51. The first-order chi connectivity index (χ1) is 9.78. The number of aromatic nitrogens is 3. The molecule has 20 heavy (non-hydrogen) atoms. The molecule has 5 nitrogen and oxygen atoms in total. The maximum Gasteiger partial charge on any atom is 0.227 e. The van der Waals surface area contributed by atoms with Gasteiger partial charge in [0.2, 0.25) is 5.89 Å². The molecule has 0 aromatic carbocycles. The summed E-state index contributed by atoms with van der Waals surface area (Å²) in [4.78, 5) is 8.69. The van der Waals surface area contributed by atoms with Crippen LogP contribution in [0.2, 0.25) is 0 Å². The molecule has 0 aliphatic heterocycles. The van der Waals surface area contributed by atoms with Gasteiger partial charge in [0.05, 0.1) is 5.69 Å². The van der Waals surface area contributed by atoms with Gasteiger partial charge >= 0.3 is 0 Å². The predicted molar refractivity (Wildman–Crippen MR) is 80.6 cm³/mol. The lowest BCUT2D eigenvalue weighted by atomic mass is 10.2. The Kier molecular flexibility index (Phi) is 6.01. The number of rotatable bonds is 8. The number of aryl methyl sites for hydroxylation is 1. The third-order valence-electron chi connectivity index (χ3n) is 2.93. The van der Waals surface area contributed by atoms with E-state index in [0.29, 0.717) is 6.04 Å². The number of nitrogens with zero attached hydrogens (tertiary/aromatic N) is 3. The summed E-state index contributed by atoms with van der Waals surface area (Å²) in [5.74, 6) is 3.37. The van der Waals surface area contributed by atoms with Crippen LogP contribution in [-0.2, 0) is 18.6 Å². The molecular weight excluding hydrogens is 272 g/mol. The van der Waals surface area contributed by atoms with Gasteiger partial charge in [-0.2, -0.15) is 16.7 Å². The molecule has 2 rings (SSSR count). The molecule has 0 radical (unpaired) electrons.